The van der Waals surface area contributed by atoms with Crippen LogP contribution in [0.25, 0.3) is 0 Å². The van der Waals surface area contributed by atoms with Gasteiger partial charge in [0, 0.05) is 11.4 Å². The highest BCUT2D eigenvalue weighted by Crippen LogP contribution is 2.17. The minimum atomic E-state index is -0.0736. The second kappa shape index (κ2) is 8.22. The van der Waals surface area contributed by atoms with Crippen molar-refractivity contribution < 1.29 is 9.53 Å². The summed E-state index contributed by atoms with van der Waals surface area (Å²) in [5.41, 5.74) is 2.82. The Morgan fingerprint density at radius 3 is 2.52 bits per heavy atom. The third-order valence-electron chi connectivity index (χ3n) is 3.52. The van der Waals surface area contributed by atoms with E-state index in [1.807, 2.05) is 62.4 Å². The third-order valence-corrected chi connectivity index (χ3v) is 3.52. The fourth-order valence-electron chi connectivity index (χ4n) is 2.08. The van der Waals surface area contributed by atoms with Crippen LogP contribution in [0, 0.1) is 6.92 Å². The smallest absolute Gasteiger partial charge is 0.243 e. The Hall–Kier alpha value is -2.49. The summed E-state index contributed by atoms with van der Waals surface area (Å²) in [5, 5.41) is 5.98. The summed E-state index contributed by atoms with van der Waals surface area (Å²) in [4.78, 5) is 12.0. The first-order valence-corrected chi connectivity index (χ1v) is 7.94. The van der Waals surface area contributed by atoms with Crippen LogP contribution in [0.15, 0.2) is 48.5 Å². The zero-order chi connectivity index (χ0) is 16.7. The molecule has 1 atom stereocenters. The SMILES string of the molecule is CCC(C)Oc1ccc(NCC(=O)Nc2cccc(C)c2)cc1. The van der Waals surface area contributed by atoms with Gasteiger partial charge in [0.25, 0.3) is 0 Å². The van der Waals surface area contributed by atoms with E-state index < -0.39 is 0 Å². The molecule has 0 aliphatic rings. The van der Waals surface area contributed by atoms with Crippen molar-refractivity contribution >= 4 is 17.3 Å². The molecular weight excluding hydrogens is 288 g/mol. The summed E-state index contributed by atoms with van der Waals surface area (Å²) >= 11 is 0. The minimum absolute atomic E-state index is 0.0736. The molecule has 23 heavy (non-hydrogen) atoms. The van der Waals surface area contributed by atoms with Crippen molar-refractivity contribution in [3.63, 3.8) is 0 Å². The van der Waals surface area contributed by atoms with Gasteiger partial charge in [0.15, 0.2) is 0 Å². The number of amides is 1. The molecule has 1 unspecified atom stereocenters. The number of hydrogen-bond donors (Lipinski definition) is 2. The molecule has 0 aliphatic carbocycles. The van der Waals surface area contributed by atoms with Gasteiger partial charge in [0.1, 0.15) is 5.75 Å². The van der Waals surface area contributed by atoms with E-state index in [1.165, 1.54) is 0 Å². The van der Waals surface area contributed by atoms with E-state index in [0.29, 0.717) is 0 Å². The van der Waals surface area contributed by atoms with Crippen LogP contribution in [0.4, 0.5) is 11.4 Å². The van der Waals surface area contributed by atoms with Crippen molar-refractivity contribution in [2.45, 2.75) is 33.3 Å². The Kier molecular flexibility index (Phi) is 6.03. The Labute approximate surface area is 137 Å². The van der Waals surface area contributed by atoms with Crippen LogP contribution < -0.4 is 15.4 Å². The van der Waals surface area contributed by atoms with E-state index in [0.717, 1.165) is 29.1 Å². The van der Waals surface area contributed by atoms with Crippen LogP contribution in [0.1, 0.15) is 25.8 Å². The van der Waals surface area contributed by atoms with Gasteiger partial charge < -0.3 is 15.4 Å². The highest BCUT2D eigenvalue weighted by molar-refractivity contribution is 5.93. The predicted octanol–water partition coefficient (Wildman–Crippen LogP) is 4.22. The second-order valence-electron chi connectivity index (χ2n) is 5.63. The maximum atomic E-state index is 12.0. The molecule has 0 radical (unpaired) electrons. The second-order valence-corrected chi connectivity index (χ2v) is 5.63. The average Bonchev–Trinajstić information content (AvgIpc) is 2.54. The Morgan fingerprint density at radius 1 is 1.13 bits per heavy atom. The standard InChI is InChI=1S/C19H24N2O2/c1-4-15(3)23-18-10-8-16(9-11-18)20-13-19(22)21-17-7-5-6-14(2)12-17/h5-12,15,20H,4,13H2,1-3H3,(H,21,22). The van der Waals surface area contributed by atoms with Gasteiger partial charge in [0.2, 0.25) is 5.91 Å². The summed E-state index contributed by atoms with van der Waals surface area (Å²) in [5.74, 6) is 0.768. The minimum Gasteiger partial charge on any atom is -0.491 e. The van der Waals surface area contributed by atoms with Crippen LogP contribution in [-0.2, 0) is 4.79 Å². The first-order valence-electron chi connectivity index (χ1n) is 7.94. The number of aryl methyl sites for hydroxylation is 1. The maximum absolute atomic E-state index is 12.0. The van der Waals surface area contributed by atoms with Crippen molar-refractivity contribution in [1.29, 1.82) is 0 Å². The molecule has 0 aliphatic heterocycles. The van der Waals surface area contributed by atoms with E-state index in [9.17, 15) is 4.79 Å². The van der Waals surface area contributed by atoms with Gasteiger partial charge in [-0.25, -0.2) is 0 Å². The summed E-state index contributed by atoms with van der Waals surface area (Å²) in [6.07, 6.45) is 1.17. The summed E-state index contributed by atoms with van der Waals surface area (Å²) in [7, 11) is 0. The summed E-state index contributed by atoms with van der Waals surface area (Å²) in [6, 6.07) is 15.4. The molecule has 0 saturated carbocycles. The van der Waals surface area contributed by atoms with Crippen molar-refractivity contribution in [1.82, 2.24) is 0 Å². The fourth-order valence-corrected chi connectivity index (χ4v) is 2.08. The zero-order valence-corrected chi connectivity index (χ0v) is 13.9. The zero-order valence-electron chi connectivity index (χ0n) is 13.9. The Bertz CT molecular complexity index is 638. The van der Waals surface area contributed by atoms with E-state index in [2.05, 4.69) is 17.6 Å². The van der Waals surface area contributed by atoms with Crippen molar-refractivity contribution in [3.05, 3.63) is 54.1 Å². The number of hydrogen-bond acceptors (Lipinski definition) is 3. The first kappa shape index (κ1) is 16.9. The molecule has 0 bridgehead atoms. The molecule has 2 aromatic carbocycles. The Balaban J connectivity index is 1.82. The quantitative estimate of drug-likeness (QED) is 0.804. The summed E-state index contributed by atoms with van der Waals surface area (Å²) in [6.45, 7) is 6.35. The lowest BCUT2D eigenvalue weighted by atomic mass is 10.2. The molecular formula is C19H24N2O2. The van der Waals surface area contributed by atoms with Crippen molar-refractivity contribution in [2.24, 2.45) is 0 Å². The van der Waals surface area contributed by atoms with Crippen LogP contribution in [0.3, 0.4) is 0 Å². The van der Waals surface area contributed by atoms with Gasteiger partial charge in [-0.2, -0.15) is 0 Å². The van der Waals surface area contributed by atoms with E-state index in [1.54, 1.807) is 0 Å². The van der Waals surface area contributed by atoms with Crippen molar-refractivity contribution in [2.75, 3.05) is 17.2 Å². The van der Waals surface area contributed by atoms with Crippen LogP contribution in [0.2, 0.25) is 0 Å². The van der Waals surface area contributed by atoms with Gasteiger partial charge >= 0.3 is 0 Å². The van der Waals surface area contributed by atoms with Gasteiger partial charge in [-0.3, -0.25) is 4.79 Å². The van der Waals surface area contributed by atoms with E-state index in [4.69, 9.17) is 4.74 Å². The first-order chi connectivity index (χ1) is 11.1. The molecule has 2 N–H and O–H groups in total. The summed E-state index contributed by atoms with van der Waals surface area (Å²) < 4.78 is 5.73. The highest BCUT2D eigenvalue weighted by Gasteiger charge is 2.04. The van der Waals surface area contributed by atoms with E-state index >= 15 is 0 Å². The average molecular weight is 312 g/mol. The van der Waals surface area contributed by atoms with Crippen LogP contribution >= 0.6 is 0 Å². The van der Waals surface area contributed by atoms with Crippen molar-refractivity contribution in [3.8, 4) is 5.75 Å². The number of benzene rings is 2. The number of nitrogens with one attached hydrogen (secondary N) is 2. The fraction of sp³-hybridized carbons (Fsp3) is 0.316. The molecule has 122 valence electrons. The molecule has 0 saturated heterocycles. The molecule has 0 heterocycles. The van der Waals surface area contributed by atoms with Gasteiger partial charge in [-0.1, -0.05) is 19.1 Å². The topological polar surface area (TPSA) is 50.4 Å². The lowest BCUT2D eigenvalue weighted by molar-refractivity contribution is -0.114. The van der Waals surface area contributed by atoms with Crippen LogP contribution in [0.5, 0.6) is 5.75 Å². The number of ether oxygens (including phenoxy) is 1. The molecule has 4 nitrogen and oxygen atoms in total. The monoisotopic (exact) mass is 312 g/mol. The Morgan fingerprint density at radius 2 is 1.87 bits per heavy atom. The number of anilines is 2. The van der Waals surface area contributed by atoms with Gasteiger partial charge in [-0.05, 0) is 62.2 Å². The largest absolute Gasteiger partial charge is 0.491 e. The molecule has 0 spiro atoms. The van der Waals surface area contributed by atoms with Gasteiger partial charge in [-0.15, -0.1) is 0 Å². The normalized spacial score (nSPS) is 11.6. The molecule has 4 heteroatoms. The third kappa shape index (κ3) is 5.66. The van der Waals surface area contributed by atoms with Gasteiger partial charge in [0.05, 0.1) is 12.6 Å². The molecule has 0 aromatic heterocycles. The molecule has 2 rings (SSSR count). The lowest BCUT2D eigenvalue weighted by Crippen LogP contribution is -2.21. The predicted molar refractivity (Wildman–Crippen MR) is 95.1 cm³/mol. The number of carbonyl (C=O) groups is 1. The molecule has 1 amide bonds. The molecule has 0 fully saturated rings. The number of rotatable bonds is 7. The molecule has 2 aromatic rings. The van der Waals surface area contributed by atoms with E-state index in [-0.39, 0.29) is 18.6 Å². The number of carbonyl (C=O) groups excluding carboxylic acids is 1. The highest BCUT2D eigenvalue weighted by atomic mass is 16.5. The lowest BCUT2D eigenvalue weighted by Gasteiger charge is -2.13. The van der Waals surface area contributed by atoms with Crippen LogP contribution in [-0.4, -0.2) is 18.6 Å². The maximum Gasteiger partial charge on any atom is 0.243 e.